The Morgan fingerprint density at radius 2 is 2.24 bits per heavy atom. The number of hydrogen-bond acceptors (Lipinski definition) is 1. The molecule has 0 bridgehead atoms. The Morgan fingerprint density at radius 3 is 2.94 bits per heavy atom. The molecule has 0 heterocycles. The van der Waals surface area contributed by atoms with Crippen LogP contribution < -0.4 is 5.32 Å². The molecule has 0 aromatic heterocycles. The van der Waals surface area contributed by atoms with Crippen molar-refractivity contribution in [3.05, 3.63) is 46.3 Å². The predicted molar refractivity (Wildman–Crippen MR) is 69.7 cm³/mol. The standard InChI is InChI=1S/C14H17ClFN/c15-13-6-5-12(14(16)9-13)10-17-8-7-11-3-1-2-4-11/h3,5-6,9,17H,1-2,4,7-8,10H2. The van der Waals surface area contributed by atoms with Gasteiger partial charge in [0.1, 0.15) is 5.82 Å². The van der Waals surface area contributed by atoms with E-state index in [1.165, 1.54) is 30.9 Å². The molecule has 0 unspecified atom stereocenters. The summed E-state index contributed by atoms with van der Waals surface area (Å²) in [7, 11) is 0. The number of nitrogens with one attached hydrogen (secondary N) is 1. The Bertz CT molecular complexity index is 415. The average molecular weight is 254 g/mol. The van der Waals surface area contributed by atoms with Crippen molar-refractivity contribution >= 4 is 11.6 Å². The summed E-state index contributed by atoms with van der Waals surface area (Å²) in [4.78, 5) is 0. The fourth-order valence-electron chi connectivity index (χ4n) is 2.10. The first-order chi connectivity index (χ1) is 8.25. The Hall–Kier alpha value is -0.860. The zero-order valence-electron chi connectivity index (χ0n) is 9.81. The van der Waals surface area contributed by atoms with Crippen molar-refractivity contribution in [2.24, 2.45) is 0 Å². The van der Waals surface area contributed by atoms with E-state index in [2.05, 4.69) is 11.4 Å². The summed E-state index contributed by atoms with van der Waals surface area (Å²) in [6.07, 6.45) is 7.15. The van der Waals surface area contributed by atoms with Gasteiger partial charge in [-0.3, -0.25) is 0 Å². The molecule has 3 heteroatoms. The molecule has 0 spiro atoms. The molecule has 0 saturated carbocycles. The monoisotopic (exact) mass is 253 g/mol. The van der Waals surface area contributed by atoms with Gasteiger partial charge in [-0.2, -0.15) is 0 Å². The highest BCUT2D eigenvalue weighted by Crippen LogP contribution is 2.20. The predicted octanol–water partition coefficient (Wildman–Crippen LogP) is 4.07. The SMILES string of the molecule is Fc1cc(Cl)ccc1CNCCC1=CCCC1. The van der Waals surface area contributed by atoms with E-state index in [1.54, 1.807) is 12.1 Å². The Labute approximate surface area is 107 Å². The van der Waals surface area contributed by atoms with Gasteiger partial charge in [0.2, 0.25) is 0 Å². The number of hydrogen-bond donors (Lipinski definition) is 1. The van der Waals surface area contributed by atoms with Gasteiger partial charge in [0.15, 0.2) is 0 Å². The van der Waals surface area contributed by atoms with Crippen LogP contribution in [0, 0.1) is 5.82 Å². The zero-order chi connectivity index (χ0) is 12.1. The van der Waals surface area contributed by atoms with Crippen molar-refractivity contribution in [2.75, 3.05) is 6.54 Å². The summed E-state index contributed by atoms with van der Waals surface area (Å²) in [6.45, 7) is 1.48. The lowest BCUT2D eigenvalue weighted by Gasteiger charge is -2.07. The second-order valence-corrected chi connectivity index (χ2v) is 4.85. The Kier molecular flexibility index (Phi) is 4.57. The highest BCUT2D eigenvalue weighted by molar-refractivity contribution is 6.30. The van der Waals surface area contributed by atoms with Gasteiger partial charge in [-0.25, -0.2) is 4.39 Å². The van der Waals surface area contributed by atoms with Gasteiger partial charge in [0.05, 0.1) is 0 Å². The fraction of sp³-hybridized carbons (Fsp3) is 0.429. The minimum atomic E-state index is -0.231. The van der Waals surface area contributed by atoms with Crippen LogP contribution in [0.3, 0.4) is 0 Å². The maximum atomic E-state index is 13.4. The molecule has 0 radical (unpaired) electrons. The van der Waals surface area contributed by atoms with E-state index < -0.39 is 0 Å². The van der Waals surface area contributed by atoms with Crippen molar-refractivity contribution in [3.63, 3.8) is 0 Å². The molecule has 1 nitrogen and oxygen atoms in total. The maximum absolute atomic E-state index is 13.4. The summed E-state index contributed by atoms with van der Waals surface area (Å²) in [5, 5.41) is 3.71. The third kappa shape index (κ3) is 3.83. The van der Waals surface area contributed by atoms with E-state index in [9.17, 15) is 4.39 Å². The lowest BCUT2D eigenvalue weighted by Crippen LogP contribution is -2.16. The lowest BCUT2D eigenvalue weighted by atomic mass is 10.1. The summed E-state index contributed by atoms with van der Waals surface area (Å²) < 4.78 is 13.4. The van der Waals surface area contributed by atoms with Crippen LogP contribution in [0.15, 0.2) is 29.8 Å². The van der Waals surface area contributed by atoms with Crippen LogP contribution in [-0.4, -0.2) is 6.54 Å². The van der Waals surface area contributed by atoms with Crippen LogP contribution in [0.4, 0.5) is 4.39 Å². The van der Waals surface area contributed by atoms with Gasteiger partial charge in [-0.05, 0) is 44.4 Å². The molecule has 1 aromatic carbocycles. The summed E-state index contributed by atoms with van der Waals surface area (Å²) >= 11 is 5.70. The summed E-state index contributed by atoms with van der Waals surface area (Å²) in [6, 6.07) is 4.82. The van der Waals surface area contributed by atoms with Crippen molar-refractivity contribution in [2.45, 2.75) is 32.2 Å². The van der Waals surface area contributed by atoms with Gasteiger partial charge in [0, 0.05) is 17.1 Å². The van der Waals surface area contributed by atoms with Crippen LogP contribution in [0.25, 0.3) is 0 Å². The smallest absolute Gasteiger partial charge is 0.129 e. The number of allylic oxidation sites excluding steroid dienone is 1. The van der Waals surface area contributed by atoms with Crippen LogP contribution in [0.1, 0.15) is 31.2 Å². The quantitative estimate of drug-likeness (QED) is 0.616. The molecule has 2 rings (SSSR count). The summed E-state index contributed by atoms with van der Waals surface area (Å²) in [5.41, 5.74) is 2.21. The molecular weight excluding hydrogens is 237 g/mol. The van der Waals surface area contributed by atoms with Crippen LogP contribution in [-0.2, 0) is 6.54 Å². The minimum Gasteiger partial charge on any atom is -0.312 e. The average Bonchev–Trinajstić information content (AvgIpc) is 2.79. The maximum Gasteiger partial charge on any atom is 0.129 e. The molecule has 1 aliphatic rings. The number of halogens is 2. The first-order valence-corrected chi connectivity index (χ1v) is 6.46. The molecule has 0 fully saturated rings. The van der Waals surface area contributed by atoms with Gasteiger partial charge in [-0.15, -0.1) is 0 Å². The molecule has 0 atom stereocenters. The fourth-order valence-corrected chi connectivity index (χ4v) is 2.26. The number of benzene rings is 1. The Balaban J connectivity index is 1.74. The van der Waals surface area contributed by atoms with Gasteiger partial charge in [0.25, 0.3) is 0 Å². The number of rotatable bonds is 5. The van der Waals surface area contributed by atoms with E-state index >= 15 is 0 Å². The van der Waals surface area contributed by atoms with Gasteiger partial charge >= 0.3 is 0 Å². The van der Waals surface area contributed by atoms with Gasteiger partial charge in [-0.1, -0.05) is 29.3 Å². The first kappa shape index (κ1) is 12.6. The van der Waals surface area contributed by atoms with Crippen LogP contribution in [0.5, 0.6) is 0 Å². The molecule has 0 aliphatic heterocycles. The van der Waals surface area contributed by atoms with Gasteiger partial charge < -0.3 is 5.32 Å². The molecule has 0 saturated heterocycles. The second-order valence-electron chi connectivity index (χ2n) is 4.42. The summed E-state index contributed by atoms with van der Waals surface area (Å²) in [5.74, 6) is -0.231. The molecule has 1 aliphatic carbocycles. The molecular formula is C14H17ClFN. The largest absolute Gasteiger partial charge is 0.312 e. The topological polar surface area (TPSA) is 12.0 Å². The second kappa shape index (κ2) is 6.18. The highest BCUT2D eigenvalue weighted by Gasteiger charge is 2.05. The molecule has 1 aromatic rings. The van der Waals surface area contributed by atoms with Crippen molar-refractivity contribution in [1.29, 1.82) is 0 Å². The van der Waals surface area contributed by atoms with E-state index in [0.29, 0.717) is 17.1 Å². The van der Waals surface area contributed by atoms with E-state index in [-0.39, 0.29) is 5.82 Å². The minimum absolute atomic E-state index is 0.231. The first-order valence-electron chi connectivity index (χ1n) is 6.08. The third-order valence-electron chi connectivity index (χ3n) is 3.09. The van der Waals surface area contributed by atoms with E-state index in [4.69, 9.17) is 11.6 Å². The van der Waals surface area contributed by atoms with Crippen molar-refractivity contribution in [1.82, 2.24) is 5.32 Å². The Morgan fingerprint density at radius 1 is 1.35 bits per heavy atom. The van der Waals surface area contributed by atoms with Crippen molar-refractivity contribution in [3.8, 4) is 0 Å². The van der Waals surface area contributed by atoms with E-state index in [1.807, 2.05) is 0 Å². The molecule has 0 amide bonds. The molecule has 17 heavy (non-hydrogen) atoms. The zero-order valence-corrected chi connectivity index (χ0v) is 10.6. The van der Waals surface area contributed by atoms with Crippen LogP contribution in [0.2, 0.25) is 5.02 Å². The molecule has 1 N–H and O–H groups in total. The lowest BCUT2D eigenvalue weighted by molar-refractivity contribution is 0.587. The third-order valence-corrected chi connectivity index (χ3v) is 3.32. The van der Waals surface area contributed by atoms with Crippen LogP contribution >= 0.6 is 11.6 Å². The highest BCUT2D eigenvalue weighted by atomic mass is 35.5. The normalized spacial score (nSPS) is 15.1. The molecule has 92 valence electrons. The van der Waals surface area contributed by atoms with Crippen molar-refractivity contribution < 1.29 is 4.39 Å². The van der Waals surface area contributed by atoms with E-state index in [0.717, 1.165) is 13.0 Å².